The third-order valence-electron chi connectivity index (χ3n) is 3.60. The molecule has 3 aliphatic rings. The molecule has 3 fully saturated rings. The molecule has 0 aromatic carbocycles. The molecule has 3 saturated carbocycles. The highest BCUT2D eigenvalue weighted by molar-refractivity contribution is 5.54. The lowest BCUT2D eigenvalue weighted by Gasteiger charge is -2.14. The number of hydrogen-bond donors (Lipinski definition) is 3. The predicted molar refractivity (Wildman–Crippen MR) is 27.5 cm³/mol. The molecule has 0 radical (unpaired) electrons. The Balaban J connectivity index is 2.05. The molecule has 3 unspecified atom stereocenters. The van der Waals surface area contributed by atoms with Gasteiger partial charge in [-0.05, 0) is 6.42 Å². The quantitative estimate of drug-likeness (QED) is 0.371. The van der Waals surface area contributed by atoms with Crippen molar-refractivity contribution < 1.29 is 15.3 Å². The van der Waals surface area contributed by atoms with Crippen LogP contribution in [0.4, 0.5) is 0 Å². The van der Waals surface area contributed by atoms with Crippen molar-refractivity contribution in [3.8, 4) is 0 Å². The Hall–Kier alpha value is -0.120. The maximum absolute atomic E-state index is 9.09. The molecule has 0 amide bonds. The van der Waals surface area contributed by atoms with Crippen LogP contribution in [0.1, 0.15) is 6.42 Å². The van der Waals surface area contributed by atoms with Crippen molar-refractivity contribution in [1.82, 2.24) is 0 Å². The zero-order chi connectivity index (χ0) is 6.44. The molecule has 3 N–H and O–H groups in total. The van der Waals surface area contributed by atoms with Crippen LogP contribution in [-0.2, 0) is 0 Å². The van der Waals surface area contributed by atoms with Crippen LogP contribution < -0.4 is 0 Å². The minimum Gasteiger partial charge on any atom is -0.392 e. The van der Waals surface area contributed by atoms with Gasteiger partial charge >= 0.3 is 0 Å². The highest BCUT2D eigenvalue weighted by Crippen LogP contribution is 2.95. The lowest BCUT2D eigenvalue weighted by atomic mass is 9.97. The third kappa shape index (κ3) is 0.171. The van der Waals surface area contributed by atoms with Crippen LogP contribution in [0.3, 0.4) is 0 Å². The zero-order valence-electron chi connectivity index (χ0n) is 4.78. The molecule has 3 rings (SSSR count). The molecule has 9 heavy (non-hydrogen) atoms. The maximum Gasteiger partial charge on any atom is 0.0744 e. The summed E-state index contributed by atoms with van der Waals surface area (Å²) in [4.78, 5) is 0. The van der Waals surface area contributed by atoms with E-state index in [0.29, 0.717) is 6.42 Å². The van der Waals surface area contributed by atoms with Crippen LogP contribution in [0.15, 0.2) is 0 Å². The molecule has 0 aromatic heterocycles. The van der Waals surface area contributed by atoms with E-state index in [2.05, 4.69) is 0 Å². The lowest BCUT2D eigenvalue weighted by molar-refractivity contribution is 0.0396. The Morgan fingerprint density at radius 1 is 1.11 bits per heavy atom. The molecule has 3 aliphatic carbocycles. The average molecular weight is 128 g/mol. The largest absolute Gasteiger partial charge is 0.392 e. The first-order valence-electron chi connectivity index (χ1n) is 3.23. The normalized spacial score (nSPS) is 82.3. The zero-order valence-corrected chi connectivity index (χ0v) is 4.78. The van der Waals surface area contributed by atoms with Gasteiger partial charge in [-0.2, -0.15) is 0 Å². The van der Waals surface area contributed by atoms with E-state index in [1.807, 2.05) is 0 Å². The fourth-order valence-electron chi connectivity index (χ4n) is 2.80. The summed E-state index contributed by atoms with van der Waals surface area (Å²) in [6.45, 7) is 0. The molecule has 3 atom stereocenters. The summed E-state index contributed by atoms with van der Waals surface area (Å²) in [7, 11) is 0. The van der Waals surface area contributed by atoms with E-state index in [4.69, 9.17) is 15.3 Å². The molecule has 0 spiro atoms. The number of rotatable bonds is 0. The van der Waals surface area contributed by atoms with Crippen LogP contribution >= 0.6 is 0 Å². The summed E-state index contributed by atoms with van der Waals surface area (Å²) >= 11 is 0. The van der Waals surface area contributed by atoms with Crippen LogP contribution in [-0.4, -0.2) is 33.6 Å². The van der Waals surface area contributed by atoms with Gasteiger partial charge in [-0.1, -0.05) is 0 Å². The van der Waals surface area contributed by atoms with E-state index < -0.39 is 23.7 Å². The minimum atomic E-state index is -0.428. The van der Waals surface area contributed by atoms with E-state index in [9.17, 15) is 0 Å². The second-order valence-corrected chi connectivity index (χ2v) is 3.50. The Labute approximate surface area is 51.9 Å². The van der Waals surface area contributed by atoms with Gasteiger partial charge in [0.15, 0.2) is 0 Å². The first kappa shape index (κ1) is 4.66. The average Bonchev–Trinajstić information content (AvgIpc) is 2.45. The number of hydrogen-bond acceptors (Lipinski definition) is 3. The van der Waals surface area contributed by atoms with Crippen molar-refractivity contribution in [3.05, 3.63) is 0 Å². The molecular formula is C6H8O3. The van der Waals surface area contributed by atoms with Crippen molar-refractivity contribution in [3.63, 3.8) is 0 Å². The molecule has 0 bridgehead atoms. The monoisotopic (exact) mass is 128 g/mol. The minimum absolute atomic E-state index is 0.216. The van der Waals surface area contributed by atoms with Gasteiger partial charge < -0.3 is 15.3 Å². The molecule has 0 aromatic rings. The Bertz CT molecular complexity index is 182. The van der Waals surface area contributed by atoms with E-state index >= 15 is 0 Å². The summed E-state index contributed by atoms with van der Waals surface area (Å²) in [6.07, 6.45) is -0.609. The van der Waals surface area contributed by atoms with E-state index in [1.54, 1.807) is 0 Å². The van der Waals surface area contributed by atoms with Crippen molar-refractivity contribution in [2.24, 2.45) is 10.8 Å². The first-order valence-corrected chi connectivity index (χ1v) is 3.23. The van der Waals surface area contributed by atoms with Gasteiger partial charge in [-0.15, -0.1) is 0 Å². The summed E-state index contributed by atoms with van der Waals surface area (Å²) < 4.78 is 0. The highest BCUT2D eigenvalue weighted by Gasteiger charge is 3.07. The van der Waals surface area contributed by atoms with Crippen molar-refractivity contribution in [2.75, 3.05) is 0 Å². The maximum atomic E-state index is 9.09. The smallest absolute Gasteiger partial charge is 0.0744 e. The van der Waals surface area contributed by atoms with Crippen LogP contribution in [0.2, 0.25) is 0 Å². The Kier molecular flexibility index (Phi) is 0.403. The second-order valence-electron chi connectivity index (χ2n) is 3.50. The summed E-state index contributed by atoms with van der Waals surface area (Å²) in [5, 5.41) is 27.2. The van der Waals surface area contributed by atoms with Gasteiger partial charge in [-0.25, -0.2) is 0 Å². The Morgan fingerprint density at radius 2 is 1.67 bits per heavy atom. The van der Waals surface area contributed by atoms with Crippen LogP contribution in [0, 0.1) is 10.8 Å². The summed E-state index contributed by atoms with van der Waals surface area (Å²) in [5.74, 6) is 0. The molecule has 50 valence electrons. The van der Waals surface area contributed by atoms with E-state index in [1.165, 1.54) is 0 Å². The number of aliphatic hydroxyl groups is 3. The van der Waals surface area contributed by atoms with Gasteiger partial charge in [0.2, 0.25) is 0 Å². The van der Waals surface area contributed by atoms with Gasteiger partial charge in [-0.3, -0.25) is 0 Å². The van der Waals surface area contributed by atoms with Gasteiger partial charge in [0, 0.05) is 5.41 Å². The van der Waals surface area contributed by atoms with E-state index in [-0.39, 0.29) is 5.41 Å². The molecule has 0 aliphatic heterocycles. The van der Waals surface area contributed by atoms with Gasteiger partial charge in [0.05, 0.1) is 23.7 Å². The highest BCUT2D eigenvalue weighted by atomic mass is 16.4. The van der Waals surface area contributed by atoms with Crippen LogP contribution in [0.25, 0.3) is 0 Å². The fraction of sp³-hybridized carbons (Fsp3) is 1.00. The molecule has 0 heterocycles. The fourth-order valence-corrected chi connectivity index (χ4v) is 2.80. The molecule has 3 nitrogen and oxygen atoms in total. The van der Waals surface area contributed by atoms with Crippen molar-refractivity contribution >= 4 is 0 Å². The standard InChI is InChI=1S/C6H8O3/c7-2-1-5-3(8)6(2,5)4(5)9/h2-4,7-9H,1H2. The first-order chi connectivity index (χ1) is 4.19. The predicted octanol–water partition coefficient (Wildman–Crippen LogP) is -1.53. The molecule has 3 heteroatoms. The SMILES string of the molecule is OC1CC23C(O)C12C3O. The Morgan fingerprint density at radius 3 is 1.67 bits per heavy atom. The number of aliphatic hydroxyl groups excluding tert-OH is 3. The van der Waals surface area contributed by atoms with Crippen molar-refractivity contribution in [2.45, 2.75) is 24.7 Å². The van der Waals surface area contributed by atoms with Gasteiger partial charge in [0.25, 0.3) is 0 Å². The molecule has 0 saturated heterocycles. The second kappa shape index (κ2) is 0.779. The third-order valence-corrected chi connectivity index (χ3v) is 3.60. The molecular weight excluding hydrogens is 120 g/mol. The summed E-state index contributed by atoms with van der Waals surface area (Å²) in [5.41, 5.74) is -0.639. The van der Waals surface area contributed by atoms with E-state index in [0.717, 1.165) is 0 Å². The topological polar surface area (TPSA) is 60.7 Å². The lowest BCUT2D eigenvalue weighted by Crippen LogP contribution is -2.24. The summed E-state index contributed by atoms with van der Waals surface area (Å²) in [6, 6.07) is 0. The van der Waals surface area contributed by atoms with Gasteiger partial charge in [0.1, 0.15) is 0 Å². The van der Waals surface area contributed by atoms with Crippen molar-refractivity contribution in [1.29, 1.82) is 0 Å². The van der Waals surface area contributed by atoms with Crippen LogP contribution in [0.5, 0.6) is 0 Å².